The Hall–Kier alpha value is -8.57. The molecule has 100 heavy (non-hydrogen) atoms. The zero-order valence-corrected chi connectivity index (χ0v) is 63.7. The van der Waals surface area contributed by atoms with Crippen LogP contribution in [0.15, 0.2) is 280 Å². The summed E-state index contributed by atoms with van der Waals surface area (Å²) in [5.74, 6) is -7.10. The fraction of sp³-hybridized carbons (Fsp3) is 0. The zero-order chi connectivity index (χ0) is 69.8. The molecule has 0 saturated heterocycles. The summed E-state index contributed by atoms with van der Waals surface area (Å²) in [5, 5.41) is 64.1. The van der Waals surface area contributed by atoms with E-state index in [1.165, 1.54) is 146 Å². The van der Waals surface area contributed by atoms with Gasteiger partial charge in [0.05, 0.1) is 81.4 Å². The van der Waals surface area contributed by atoms with Gasteiger partial charge in [0.15, 0.2) is 0 Å². The third kappa shape index (κ3) is 34.0. The molecule has 0 bridgehead atoms. The third-order valence-electron chi connectivity index (χ3n) is 11.7. The number of hydrogen-bond donors (Lipinski definition) is 0. The number of rotatable bonds is 10. The van der Waals surface area contributed by atoms with Gasteiger partial charge < -0.3 is 70.4 Å². The van der Waals surface area contributed by atoms with E-state index < -0.39 is 35.8 Å². The van der Waals surface area contributed by atoms with Gasteiger partial charge in [0.2, 0.25) is 0 Å². The molecular formula is C72H52Cl6N6O14Pr2+2. The van der Waals surface area contributed by atoms with Gasteiger partial charge in [0, 0.05) is 54.9 Å². The Morgan fingerprint density at radius 1 is 0.210 bits per heavy atom. The predicted octanol–water partition coefficient (Wildman–Crippen LogP) is 8.79. The van der Waals surface area contributed by atoms with Crippen LogP contribution in [0.4, 0.5) is 0 Å². The molecule has 0 saturated carbocycles. The van der Waals surface area contributed by atoms with Gasteiger partial charge >= 0.3 is 82.6 Å². The summed E-state index contributed by atoms with van der Waals surface area (Å²) in [4.78, 5) is 87.3. The van der Waals surface area contributed by atoms with Crippen molar-refractivity contribution >= 4 is 105 Å². The summed E-state index contributed by atoms with van der Waals surface area (Å²) >= 11 is 33.0. The van der Waals surface area contributed by atoms with Gasteiger partial charge in [-0.2, -0.15) is 0 Å². The van der Waals surface area contributed by atoms with Crippen LogP contribution in [0.5, 0.6) is 0 Å². The predicted molar refractivity (Wildman–Crippen MR) is 366 cm³/mol. The molecule has 6 N–H and O–H groups in total. The molecular weight excluding hydrogens is 1670 g/mol. The quantitative estimate of drug-likeness (QED) is 0.115. The molecule has 0 aliphatic rings. The van der Waals surface area contributed by atoms with Crippen molar-refractivity contribution in [2.45, 2.75) is 0 Å². The second kappa shape index (κ2) is 49.0. The maximum atomic E-state index is 10.2. The van der Waals surface area contributed by atoms with Gasteiger partial charge in [-0.15, -0.1) is 0 Å². The van der Waals surface area contributed by atoms with Crippen LogP contribution in [0.1, 0.15) is 62.1 Å². The number of aromatic carboxylic acids is 6. The molecule has 6 aromatic heterocycles. The second-order valence-corrected chi connectivity index (χ2v) is 21.1. The average molecular weight is 1720 g/mol. The van der Waals surface area contributed by atoms with Gasteiger partial charge in [-0.3, -0.25) is 19.9 Å². The second-order valence-electron chi connectivity index (χ2n) is 18.4. The van der Waals surface area contributed by atoms with Crippen LogP contribution in [-0.2, 0) is 11.0 Å². The first kappa shape index (κ1) is 89.4. The van der Waals surface area contributed by atoms with Crippen LogP contribution < -0.4 is 30.6 Å². The minimum atomic E-state index is -1.18. The van der Waals surface area contributed by atoms with Crippen molar-refractivity contribution < 1.29 is 153 Å². The fourth-order valence-electron chi connectivity index (χ4n) is 7.01. The van der Waals surface area contributed by atoms with E-state index in [4.69, 9.17) is 69.6 Å². The van der Waals surface area contributed by atoms with Crippen LogP contribution in [-0.4, -0.2) is 65.7 Å². The fourth-order valence-corrected chi connectivity index (χ4v) is 7.77. The monoisotopic (exact) mass is 1720 g/mol. The molecule has 0 amide bonds. The largest absolute Gasteiger partial charge is 3.00 e. The van der Waals surface area contributed by atoms with Crippen LogP contribution in [0.2, 0.25) is 30.1 Å². The maximum Gasteiger partial charge on any atom is 3.00 e. The molecule has 500 valence electrons. The van der Waals surface area contributed by atoms with E-state index in [0.717, 1.165) is 45.6 Å². The number of carbonyl (C=O) groups excluding carboxylic acids is 6. The van der Waals surface area contributed by atoms with Gasteiger partial charge in [0.1, 0.15) is 0 Å². The van der Waals surface area contributed by atoms with E-state index in [1.807, 2.05) is 109 Å². The van der Waals surface area contributed by atoms with Crippen LogP contribution >= 0.6 is 69.6 Å². The van der Waals surface area contributed by atoms with E-state index in [-0.39, 0.29) is 127 Å². The van der Waals surface area contributed by atoms with Crippen molar-refractivity contribution in [2.24, 2.45) is 0 Å². The molecule has 6 heterocycles. The summed E-state index contributed by atoms with van der Waals surface area (Å²) in [7, 11) is 0. The number of carboxylic acid groups (broad SMARTS) is 6. The van der Waals surface area contributed by atoms with Crippen molar-refractivity contribution in [1.29, 1.82) is 0 Å². The number of carbonyl (C=O) groups is 6. The number of pyridine rings is 6. The molecule has 0 radical (unpaired) electrons. The Kier molecular flexibility index (Phi) is 43.9. The molecule has 28 heteroatoms. The summed E-state index contributed by atoms with van der Waals surface area (Å²) in [6.07, 6.45) is 7.07. The Balaban J connectivity index is 0.000000577. The molecule has 12 rings (SSSR count). The van der Waals surface area contributed by atoms with E-state index in [1.54, 1.807) is 24.8 Å². The summed E-state index contributed by atoms with van der Waals surface area (Å²) < 4.78 is 0. The first-order valence-electron chi connectivity index (χ1n) is 27.5. The van der Waals surface area contributed by atoms with Gasteiger partial charge in [0.25, 0.3) is 0 Å². The summed E-state index contributed by atoms with van der Waals surface area (Å²) in [5.41, 5.74) is 7.78. The van der Waals surface area contributed by atoms with Crippen LogP contribution in [0.25, 0.3) is 45.6 Å². The Morgan fingerprint density at radius 3 is 0.470 bits per heavy atom. The van der Waals surface area contributed by atoms with Crippen LogP contribution in [0.3, 0.4) is 0 Å². The Labute approximate surface area is 669 Å². The third-order valence-corrected chi connectivity index (χ3v) is 13.2. The molecule has 12 aromatic rings. The minimum Gasteiger partial charge on any atom is -0.545 e. The van der Waals surface area contributed by atoms with E-state index in [0.29, 0.717) is 30.1 Å². The normalized spacial score (nSPS) is 9.26. The minimum absolute atomic E-state index is 0. The summed E-state index contributed by atoms with van der Waals surface area (Å²) in [6.45, 7) is 0. The molecule has 0 fully saturated rings. The molecule has 0 spiro atoms. The van der Waals surface area contributed by atoms with Gasteiger partial charge in [-0.1, -0.05) is 179 Å². The maximum absolute atomic E-state index is 10.2. The first-order chi connectivity index (χ1) is 46.1. The van der Waals surface area contributed by atoms with Gasteiger partial charge in [-0.05, 0) is 179 Å². The molecule has 0 aliphatic carbocycles. The van der Waals surface area contributed by atoms with Gasteiger partial charge in [-0.25, -0.2) is 9.97 Å². The van der Waals surface area contributed by atoms with Crippen molar-refractivity contribution in [1.82, 2.24) is 29.9 Å². The molecule has 0 unspecified atom stereocenters. The first-order valence-corrected chi connectivity index (χ1v) is 29.7. The number of benzene rings is 6. The smallest absolute Gasteiger partial charge is 0.545 e. The zero-order valence-electron chi connectivity index (χ0n) is 51.7. The van der Waals surface area contributed by atoms with E-state index in [9.17, 15) is 59.4 Å². The Bertz CT molecular complexity index is 3750. The van der Waals surface area contributed by atoms with Crippen molar-refractivity contribution in [3.63, 3.8) is 0 Å². The molecule has 0 aliphatic heterocycles. The number of carboxylic acids is 6. The SMILES string of the molecule is O=C([O-])c1ccc(Cl)cc1.O=C([O-])c1ccc(Cl)cc1.O=C([O-])c1ccc(Cl)cc1.O=C([O-])c1ccc(Cl)cc1.O=C([O-])c1ccc(Cl)cc1.O=C([O-])c1ccc(Cl)cc1.[OH3+].[OH3+].[Pr+3].[Pr+3].c1ccc(-c2cccc(-c3ccccn3)n2)nc1.c1ccc(-c2cccc(-c3ccccn3)n2)nc1. The summed E-state index contributed by atoms with van der Waals surface area (Å²) in [6, 6.07) is 69.8. The molecule has 0 atom stereocenters. The number of halogens is 6. The van der Waals surface area contributed by atoms with E-state index >= 15 is 0 Å². The standard InChI is InChI=1S/2C15H11N3.6C7H5ClO2.2H2O.2Pr/c2*1-3-10-16-12(6-1)14-8-5-9-15(18-14)13-7-2-4-11-17-13;6*8-6-3-1-5(2-4-6)7(9)10;;;;/h2*1-11H;6*1-4H,(H,9,10);2*1H2;;/q;;;;;;;;;;2*+3/p-4. The molecule has 6 aromatic carbocycles. The topological polar surface area (TPSA) is 384 Å². The van der Waals surface area contributed by atoms with Crippen LogP contribution in [0, 0.1) is 82.6 Å². The number of hydrogen-bond acceptors (Lipinski definition) is 18. The van der Waals surface area contributed by atoms with Crippen molar-refractivity contribution in [3.8, 4) is 45.6 Å². The average Bonchev–Trinajstić information content (AvgIpc) is 0.848. The Morgan fingerprint density at radius 2 is 0.350 bits per heavy atom. The van der Waals surface area contributed by atoms with E-state index in [2.05, 4.69) is 29.9 Å². The number of nitrogens with zero attached hydrogens (tertiary/aromatic N) is 6. The number of aromatic nitrogens is 6. The van der Waals surface area contributed by atoms with Crippen molar-refractivity contribution in [2.75, 3.05) is 0 Å². The molecule has 20 nitrogen and oxygen atoms in total. The van der Waals surface area contributed by atoms with Crippen molar-refractivity contribution in [3.05, 3.63) is 343 Å².